The van der Waals surface area contributed by atoms with Crippen molar-refractivity contribution < 1.29 is 13.3 Å². The first-order chi connectivity index (χ1) is 13.1. The topological polar surface area (TPSA) is 87.0 Å². The molecule has 0 atom stereocenters. The van der Waals surface area contributed by atoms with Crippen LogP contribution in [0.2, 0.25) is 0 Å². The second-order valence-corrected chi connectivity index (χ2v) is 10.6. The molecule has 0 N–H and O–H groups in total. The fraction of sp³-hybridized carbons (Fsp3) is 0.684. The van der Waals surface area contributed by atoms with Crippen molar-refractivity contribution in [1.29, 1.82) is 0 Å². The molecule has 0 aliphatic carbocycles. The lowest BCUT2D eigenvalue weighted by Crippen LogP contribution is -2.47. The minimum absolute atomic E-state index is 0.00246. The van der Waals surface area contributed by atoms with Crippen molar-refractivity contribution in [3.8, 4) is 0 Å². The molecule has 9 heteroatoms. The Morgan fingerprint density at radius 2 is 1.71 bits per heavy atom. The molecule has 2 saturated heterocycles. The van der Waals surface area contributed by atoms with Gasteiger partial charge in [-0.1, -0.05) is 13.8 Å². The zero-order valence-electron chi connectivity index (χ0n) is 16.9. The van der Waals surface area contributed by atoms with E-state index in [1.54, 1.807) is 6.07 Å². The van der Waals surface area contributed by atoms with E-state index in [-0.39, 0.29) is 16.0 Å². The molecular weight excluding hydrogens is 380 g/mol. The minimum atomic E-state index is -3.73. The average molecular weight is 411 g/mol. The predicted molar refractivity (Wildman–Crippen MR) is 109 cm³/mol. The summed E-state index contributed by atoms with van der Waals surface area (Å²) in [6.07, 6.45) is 2.99. The normalized spacial score (nSPS) is 22.0. The van der Waals surface area contributed by atoms with Crippen LogP contribution in [0.25, 0.3) is 0 Å². The Morgan fingerprint density at radius 1 is 1.04 bits per heavy atom. The number of hydrogen-bond acceptors (Lipinski definition) is 6. The van der Waals surface area contributed by atoms with Crippen LogP contribution >= 0.6 is 0 Å². The highest BCUT2D eigenvalue weighted by Gasteiger charge is 2.31. The second kappa shape index (κ2) is 7.96. The maximum atomic E-state index is 13.0. The molecule has 0 bridgehead atoms. The second-order valence-electron chi connectivity index (χ2n) is 8.62. The van der Waals surface area contributed by atoms with Crippen LogP contribution in [0.1, 0.15) is 33.1 Å². The van der Waals surface area contributed by atoms with E-state index in [2.05, 4.69) is 18.7 Å². The van der Waals surface area contributed by atoms with Gasteiger partial charge in [-0.25, -0.2) is 8.42 Å². The summed E-state index contributed by atoms with van der Waals surface area (Å²) >= 11 is 0. The van der Waals surface area contributed by atoms with Gasteiger partial charge < -0.3 is 9.80 Å². The number of piperazine rings is 1. The Labute approximate surface area is 167 Å². The fourth-order valence-corrected chi connectivity index (χ4v) is 5.36. The number of sulfonamides is 1. The van der Waals surface area contributed by atoms with Crippen molar-refractivity contribution >= 4 is 21.4 Å². The lowest BCUT2D eigenvalue weighted by Gasteiger charge is -2.31. The van der Waals surface area contributed by atoms with Crippen molar-refractivity contribution in [2.24, 2.45) is 5.41 Å². The van der Waals surface area contributed by atoms with E-state index >= 15 is 0 Å². The monoisotopic (exact) mass is 410 g/mol. The molecule has 1 aromatic carbocycles. The summed E-state index contributed by atoms with van der Waals surface area (Å²) in [5.41, 5.74) is 0.601. The Bertz CT molecular complexity index is 832. The van der Waals surface area contributed by atoms with Gasteiger partial charge in [0.1, 0.15) is 5.69 Å². The van der Waals surface area contributed by atoms with E-state index < -0.39 is 14.9 Å². The molecule has 156 valence electrons. The van der Waals surface area contributed by atoms with Gasteiger partial charge in [0, 0.05) is 45.3 Å². The molecule has 2 heterocycles. The smallest absolute Gasteiger partial charge is 0.293 e. The summed E-state index contributed by atoms with van der Waals surface area (Å²) in [5, 5.41) is 11.7. The van der Waals surface area contributed by atoms with Gasteiger partial charge in [0.05, 0.1) is 9.82 Å². The first kappa shape index (κ1) is 21.0. The number of hydrogen-bond donors (Lipinski definition) is 0. The van der Waals surface area contributed by atoms with Gasteiger partial charge in [0.25, 0.3) is 5.69 Å². The number of nitro groups is 1. The third kappa shape index (κ3) is 4.47. The summed E-state index contributed by atoms with van der Waals surface area (Å²) in [6.45, 7) is 8.03. The first-order valence-electron chi connectivity index (χ1n) is 9.82. The third-order valence-electron chi connectivity index (χ3n) is 5.92. The van der Waals surface area contributed by atoms with Gasteiger partial charge in [0.2, 0.25) is 10.0 Å². The number of anilines is 1. The number of benzene rings is 1. The molecule has 28 heavy (non-hydrogen) atoms. The Morgan fingerprint density at radius 3 is 2.36 bits per heavy atom. The maximum absolute atomic E-state index is 13.0. The Balaban J connectivity index is 1.90. The maximum Gasteiger partial charge on any atom is 0.293 e. The lowest BCUT2D eigenvalue weighted by atomic mass is 9.85. The zero-order valence-corrected chi connectivity index (χ0v) is 17.7. The van der Waals surface area contributed by atoms with Crippen LogP contribution in [0.15, 0.2) is 23.1 Å². The van der Waals surface area contributed by atoms with Gasteiger partial charge in [-0.3, -0.25) is 10.1 Å². The summed E-state index contributed by atoms with van der Waals surface area (Å²) in [6, 6.07) is 4.37. The molecule has 2 fully saturated rings. The zero-order chi connectivity index (χ0) is 20.5. The van der Waals surface area contributed by atoms with E-state index in [9.17, 15) is 18.5 Å². The molecule has 0 spiro atoms. The van der Waals surface area contributed by atoms with E-state index in [0.29, 0.717) is 31.9 Å². The third-order valence-corrected chi connectivity index (χ3v) is 7.82. The van der Waals surface area contributed by atoms with Crippen LogP contribution in [0.3, 0.4) is 0 Å². The van der Waals surface area contributed by atoms with E-state index in [0.717, 1.165) is 32.4 Å². The molecule has 3 rings (SSSR count). The average Bonchev–Trinajstić information content (AvgIpc) is 2.82. The summed E-state index contributed by atoms with van der Waals surface area (Å²) in [4.78, 5) is 15.4. The van der Waals surface area contributed by atoms with Crippen LogP contribution in [0.4, 0.5) is 11.4 Å². The SMILES string of the molecule is CN1CCN(S(=O)(=O)c2ccc(N3CCCC(C)(C)CC3)c([N+](=O)[O-])c2)CC1. The summed E-state index contributed by atoms with van der Waals surface area (Å²) in [5.74, 6) is 0. The van der Waals surface area contributed by atoms with Gasteiger partial charge in [-0.05, 0) is 43.9 Å². The molecular formula is C19H30N4O4S. The van der Waals surface area contributed by atoms with Gasteiger partial charge in [-0.15, -0.1) is 0 Å². The van der Waals surface area contributed by atoms with E-state index in [1.165, 1.54) is 16.4 Å². The lowest BCUT2D eigenvalue weighted by molar-refractivity contribution is -0.384. The Hall–Kier alpha value is -1.71. The molecule has 0 amide bonds. The quantitative estimate of drug-likeness (QED) is 0.560. The molecule has 0 saturated carbocycles. The van der Waals surface area contributed by atoms with E-state index in [4.69, 9.17) is 0 Å². The molecule has 1 aromatic rings. The van der Waals surface area contributed by atoms with Crippen molar-refractivity contribution in [1.82, 2.24) is 9.21 Å². The van der Waals surface area contributed by atoms with Crippen LogP contribution < -0.4 is 4.90 Å². The van der Waals surface area contributed by atoms with Crippen molar-refractivity contribution in [2.45, 2.75) is 38.0 Å². The molecule has 2 aliphatic rings. The standard InChI is InChI=1S/C19H30N4O4S/c1-19(2)7-4-9-21(10-8-19)17-6-5-16(15-18(17)23(24)25)28(26,27)22-13-11-20(3)12-14-22/h5-6,15H,4,7-14H2,1-3H3. The van der Waals surface area contributed by atoms with Gasteiger partial charge in [0.15, 0.2) is 0 Å². The highest BCUT2D eigenvalue weighted by Crippen LogP contribution is 2.36. The van der Waals surface area contributed by atoms with Gasteiger partial charge >= 0.3 is 0 Å². The number of nitrogens with zero attached hydrogens (tertiary/aromatic N) is 4. The first-order valence-corrected chi connectivity index (χ1v) is 11.3. The minimum Gasteiger partial charge on any atom is -0.366 e. The molecule has 0 aromatic heterocycles. The fourth-order valence-electron chi connectivity index (χ4n) is 3.92. The number of nitro benzene ring substituents is 1. The van der Waals surface area contributed by atoms with Crippen LogP contribution in [-0.2, 0) is 10.0 Å². The summed E-state index contributed by atoms with van der Waals surface area (Å²) < 4.78 is 27.4. The van der Waals surface area contributed by atoms with Crippen LogP contribution in [0.5, 0.6) is 0 Å². The predicted octanol–water partition coefficient (Wildman–Crippen LogP) is 2.55. The highest BCUT2D eigenvalue weighted by atomic mass is 32.2. The molecule has 2 aliphatic heterocycles. The number of likely N-dealkylation sites (N-methyl/N-ethyl adjacent to an activating group) is 1. The van der Waals surface area contributed by atoms with Crippen molar-refractivity contribution in [3.05, 3.63) is 28.3 Å². The molecule has 0 unspecified atom stereocenters. The molecule has 0 radical (unpaired) electrons. The highest BCUT2D eigenvalue weighted by molar-refractivity contribution is 7.89. The van der Waals surface area contributed by atoms with Crippen molar-refractivity contribution in [2.75, 3.05) is 51.2 Å². The Kier molecular flexibility index (Phi) is 5.97. The van der Waals surface area contributed by atoms with E-state index in [1.807, 2.05) is 11.9 Å². The number of rotatable bonds is 4. The largest absolute Gasteiger partial charge is 0.366 e. The van der Waals surface area contributed by atoms with Gasteiger partial charge in [-0.2, -0.15) is 4.31 Å². The van der Waals surface area contributed by atoms with Crippen molar-refractivity contribution in [3.63, 3.8) is 0 Å². The van der Waals surface area contributed by atoms with Crippen LogP contribution in [0, 0.1) is 15.5 Å². The molecule has 8 nitrogen and oxygen atoms in total. The van der Waals surface area contributed by atoms with Crippen LogP contribution in [-0.4, -0.2) is 68.9 Å². The summed E-state index contributed by atoms with van der Waals surface area (Å²) in [7, 11) is -1.78.